The number of allylic oxidation sites excluding steroid dienone is 4. The number of hydrogen-bond donors (Lipinski definition) is 2. The zero-order valence-corrected chi connectivity index (χ0v) is 9.06. The van der Waals surface area contributed by atoms with E-state index in [0.29, 0.717) is 5.70 Å². The Balaban J connectivity index is 3.13. The Labute approximate surface area is 85.8 Å². The zero-order chi connectivity index (χ0) is 10.7. The highest BCUT2D eigenvalue weighted by atomic mass is 16.3. The van der Waals surface area contributed by atoms with Crippen LogP contribution >= 0.6 is 0 Å². The van der Waals surface area contributed by atoms with Gasteiger partial charge in [-0.25, -0.2) is 0 Å². The minimum atomic E-state index is 0.223. The predicted molar refractivity (Wildman–Crippen MR) is 59.8 cm³/mol. The van der Waals surface area contributed by atoms with Crippen LogP contribution in [0.1, 0.15) is 39.5 Å². The summed E-state index contributed by atoms with van der Waals surface area (Å²) in [5, 5.41) is 9.36. The smallest absolute Gasteiger partial charge is 0.112 e. The lowest BCUT2D eigenvalue weighted by atomic mass is 9.86. The van der Waals surface area contributed by atoms with Crippen molar-refractivity contribution in [3.63, 3.8) is 0 Å². The van der Waals surface area contributed by atoms with Crippen molar-refractivity contribution < 1.29 is 5.11 Å². The van der Waals surface area contributed by atoms with E-state index in [-0.39, 0.29) is 5.76 Å². The second-order valence-corrected chi connectivity index (χ2v) is 3.94. The summed E-state index contributed by atoms with van der Waals surface area (Å²) < 4.78 is 0. The highest BCUT2D eigenvalue weighted by Gasteiger charge is 2.16. The number of rotatable bonds is 2. The first kappa shape index (κ1) is 10.9. The minimum Gasteiger partial charge on any atom is -0.510 e. The molecule has 1 aliphatic carbocycles. The number of aliphatic hydroxyl groups is 1. The van der Waals surface area contributed by atoms with Crippen molar-refractivity contribution in [2.45, 2.75) is 39.5 Å². The molecule has 0 spiro atoms. The van der Waals surface area contributed by atoms with Crippen LogP contribution in [0.2, 0.25) is 0 Å². The molecule has 2 nitrogen and oxygen atoms in total. The van der Waals surface area contributed by atoms with E-state index in [1.807, 2.05) is 6.92 Å². The van der Waals surface area contributed by atoms with Crippen LogP contribution in [0.15, 0.2) is 34.8 Å². The van der Waals surface area contributed by atoms with E-state index in [9.17, 15) is 5.11 Å². The molecule has 0 aromatic rings. The molecule has 0 saturated heterocycles. The van der Waals surface area contributed by atoms with Gasteiger partial charge in [0.1, 0.15) is 5.76 Å². The van der Waals surface area contributed by atoms with E-state index < -0.39 is 0 Å². The van der Waals surface area contributed by atoms with Gasteiger partial charge >= 0.3 is 0 Å². The second kappa shape index (κ2) is 4.36. The van der Waals surface area contributed by atoms with Crippen molar-refractivity contribution in [1.82, 2.24) is 0 Å². The SMILES string of the molecule is C=C(C)C1=C(/C(N)=C(\C)O)CCCC1. The molecule has 0 amide bonds. The van der Waals surface area contributed by atoms with E-state index >= 15 is 0 Å². The maximum Gasteiger partial charge on any atom is 0.112 e. The van der Waals surface area contributed by atoms with E-state index in [0.717, 1.165) is 30.4 Å². The zero-order valence-electron chi connectivity index (χ0n) is 9.06. The summed E-state index contributed by atoms with van der Waals surface area (Å²) in [7, 11) is 0. The highest BCUT2D eigenvalue weighted by Crippen LogP contribution is 2.32. The molecule has 0 heterocycles. The fourth-order valence-electron chi connectivity index (χ4n) is 1.89. The summed E-state index contributed by atoms with van der Waals surface area (Å²) in [6, 6.07) is 0. The topological polar surface area (TPSA) is 46.2 Å². The van der Waals surface area contributed by atoms with Crippen molar-refractivity contribution in [3.8, 4) is 0 Å². The fourth-order valence-corrected chi connectivity index (χ4v) is 1.89. The van der Waals surface area contributed by atoms with Crippen molar-refractivity contribution in [2.75, 3.05) is 0 Å². The molecule has 2 heteroatoms. The van der Waals surface area contributed by atoms with Crippen LogP contribution in [0.25, 0.3) is 0 Å². The molecule has 0 saturated carbocycles. The molecular formula is C12H19NO. The monoisotopic (exact) mass is 193 g/mol. The molecule has 0 bridgehead atoms. The summed E-state index contributed by atoms with van der Waals surface area (Å²) in [6.45, 7) is 7.59. The fraction of sp³-hybridized carbons (Fsp3) is 0.500. The van der Waals surface area contributed by atoms with Crippen LogP contribution in [-0.2, 0) is 0 Å². The average molecular weight is 193 g/mol. The first-order chi connectivity index (χ1) is 6.54. The number of hydrogen-bond acceptors (Lipinski definition) is 2. The van der Waals surface area contributed by atoms with E-state index in [2.05, 4.69) is 6.58 Å². The van der Waals surface area contributed by atoms with Crippen LogP contribution in [0.3, 0.4) is 0 Å². The third-order valence-corrected chi connectivity index (χ3v) is 2.70. The lowest BCUT2D eigenvalue weighted by molar-refractivity contribution is 0.406. The average Bonchev–Trinajstić information content (AvgIpc) is 2.16. The standard InChI is InChI=1S/C12H19NO/c1-8(2)10-6-4-5-7-11(10)12(13)9(3)14/h14H,1,4-7,13H2,2-3H3/b12-9-. The van der Waals surface area contributed by atoms with Gasteiger partial charge in [-0.1, -0.05) is 12.2 Å². The maximum absolute atomic E-state index is 9.36. The molecule has 0 fully saturated rings. The Morgan fingerprint density at radius 2 is 1.71 bits per heavy atom. The maximum atomic E-state index is 9.36. The summed E-state index contributed by atoms with van der Waals surface area (Å²) in [5.74, 6) is 0.223. The quantitative estimate of drug-likeness (QED) is 0.662. The van der Waals surface area contributed by atoms with Crippen LogP contribution in [0, 0.1) is 0 Å². The van der Waals surface area contributed by atoms with Crippen molar-refractivity contribution in [3.05, 3.63) is 34.8 Å². The Kier molecular flexibility index (Phi) is 3.39. The first-order valence-corrected chi connectivity index (χ1v) is 5.07. The molecular weight excluding hydrogens is 174 g/mol. The van der Waals surface area contributed by atoms with Gasteiger partial charge in [-0.3, -0.25) is 0 Å². The Morgan fingerprint density at radius 3 is 2.14 bits per heavy atom. The molecule has 1 aliphatic rings. The van der Waals surface area contributed by atoms with Crippen molar-refractivity contribution in [2.24, 2.45) is 5.73 Å². The van der Waals surface area contributed by atoms with Gasteiger partial charge in [0.05, 0.1) is 5.70 Å². The molecule has 0 aromatic heterocycles. The van der Waals surface area contributed by atoms with Crippen LogP contribution in [0.4, 0.5) is 0 Å². The second-order valence-electron chi connectivity index (χ2n) is 3.94. The lowest BCUT2D eigenvalue weighted by Gasteiger charge is -2.21. The van der Waals surface area contributed by atoms with Crippen LogP contribution in [0.5, 0.6) is 0 Å². The Morgan fingerprint density at radius 1 is 1.21 bits per heavy atom. The summed E-state index contributed by atoms with van der Waals surface area (Å²) in [5.41, 5.74) is 9.81. The van der Waals surface area contributed by atoms with Crippen molar-refractivity contribution >= 4 is 0 Å². The summed E-state index contributed by atoms with van der Waals surface area (Å²) in [6.07, 6.45) is 4.36. The van der Waals surface area contributed by atoms with Gasteiger partial charge in [-0.15, -0.1) is 0 Å². The Bertz CT molecular complexity index is 306. The molecule has 3 N–H and O–H groups in total. The summed E-state index contributed by atoms with van der Waals surface area (Å²) >= 11 is 0. The van der Waals surface area contributed by atoms with Crippen molar-refractivity contribution in [1.29, 1.82) is 0 Å². The number of aliphatic hydroxyl groups excluding tert-OH is 1. The van der Waals surface area contributed by atoms with Crippen LogP contribution < -0.4 is 5.73 Å². The van der Waals surface area contributed by atoms with Gasteiger partial charge in [-0.2, -0.15) is 0 Å². The first-order valence-electron chi connectivity index (χ1n) is 5.07. The molecule has 1 rings (SSSR count). The molecule has 0 aromatic carbocycles. The van der Waals surface area contributed by atoms with E-state index in [1.54, 1.807) is 6.92 Å². The van der Waals surface area contributed by atoms with Gasteiger partial charge in [0.25, 0.3) is 0 Å². The van der Waals surface area contributed by atoms with Gasteiger partial charge in [0.2, 0.25) is 0 Å². The van der Waals surface area contributed by atoms with Crippen LogP contribution in [-0.4, -0.2) is 5.11 Å². The van der Waals surface area contributed by atoms with Gasteiger partial charge in [0, 0.05) is 0 Å². The molecule has 78 valence electrons. The van der Waals surface area contributed by atoms with E-state index in [1.165, 1.54) is 12.0 Å². The largest absolute Gasteiger partial charge is 0.510 e. The summed E-state index contributed by atoms with van der Waals surface area (Å²) in [4.78, 5) is 0. The third-order valence-electron chi connectivity index (χ3n) is 2.70. The van der Waals surface area contributed by atoms with Gasteiger partial charge in [0.15, 0.2) is 0 Å². The molecule has 0 radical (unpaired) electrons. The minimum absolute atomic E-state index is 0.223. The van der Waals surface area contributed by atoms with Gasteiger partial charge < -0.3 is 10.8 Å². The molecule has 0 unspecified atom stereocenters. The lowest BCUT2D eigenvalue weighted by Crippen LogP contribution is -2.11. The predicted octanol–water partition coefficient (Wildman–Crippen LogP) is 3.18. The molecule has 14 heavy (non-hydrogen) atoms. The van der Waals surface area contributed by atoms with Gasteiger partial charge in [-0.05, 0) is 50.7 Å². The van der Waals surface area contributed by atoms with E-state index in [4.69, 9.17) is 5.73 Å². The molecule has 0 atom stereocenters. The highest BCUT2D eigenvalue weighted by molar-refractivity contribution is 5.43. The third kappa shape index (κ3) is 2.19. The molecule has 0 aliphatic heterocycles. The Hall–Kier alpha value is -1.18. The normalized spacial score (nSPS) is 19.3. The number of nitrogens with two attached hydrogens (primary N) is 1.